The van der Waals surface area contributed by atoms with Crippen molar-refractivity contribution in [1.29, 1.82) is 0 Å². The summed E-state index contributed by atoms with van der Waals surface area (Å²) >= 11 is 0. The number of hydrogen-bond acceptors (Lipinski definition) is 2. The Kier molecular flexibility index (Phi) is 4.25. The first-order chi connectivity index (χ1) is 9.05. The number of likely N-dealkylation sites (N-methyl/N-ethyl adjacent to an activating group) is 1. The van der Waals surface area contributed by atoms with Gasteiger partial charge in [-0.15, -0.1) is 0 Å². The molecule has 1 saturated heterocycles. The summed E-state index contributed by atoms with van der Waals surface area (Å²) in [6.07, 6.45) is 3.07. The second-order valence-corrected chi connectivity index (χ2v) is 5.69. The van der Waals surface area contributed by atoms with Crippen LogP contribution in [0.1, 0.15) is 37.8 Å². The summed E-state index contributed by atoms with van der Waals surface area (Å²) in [7, 11) is 1.89. The maximum Gasteiger partial charge on any atom is 0.242 e. The van der Waals surface area contributed by atoms with Crippen molar-refractivity contribution >= 4 is 5.91 Å². The zero-order valence-electron chi connectivity index (χ0n) is 12.2. The van der Waals surface area contributed by atoms with E-state index in [0.717, 1.165) is 25.8 Å². The maximum absolute atomic E-state index is 12.5. The van der Waals surface area contributed by atoms with Gasteiger partial charge < -0.3 is 10.2 Å². The van der Waals surface area contributed by atoms with Crippen LogP contribution in [0.4, 0.5) is 0 Å². The number of nitrogens with one attached hydrogen (secondary N) is 1. The molecule has 0 aliphatic carbocycles. The Labute approximate surface area is 116 Å². The summed E-state index contributed by atoms with van der Waals surface area (Å²) in [5.74, 6) is 0.199. The van der Waals surface area contributed by atoms with E-state index in [-0.39, 0.29) is 11.4 Å². The fraction of sp³-hybridized carbons (Fsp3) is 0.562. The molecule has 1 heterocycles. The highest BCUT2D eigenvalue weighted by Crippen LogP contribution is 2.21. The fourth-order valence-electron chi connectivity index (χ4n) is 2.72. The van der Waals surface area contributed by atoms with Gasteiger partial charge in [0.25, 0.3) is 0 Å². The highest BCUT2D eigenvalue weighted by atomic mass is 16.2. The van der Waals surface area contributed by atoms with Gasteiger partial charge in [-0.3, -0.25) is 4.79 Å². The Bertz CT molecular complexity index is 433. The molecule has 1 N–H and O–H groups in total. The fourth-order valence-corrected chi connectivity index (χ4v) is 2.72. The van der Waals surface area contributed by atoms with E-state index < -0.39 is 0 Å². The maximum atomic E-state index is 12.5. The van der Waals surface area contributed by atoms with Crippen LogP contribution in [0.15, 0.2) is 24.3 Å². The molecule has 1 unspecified atom stereocenters. The van der Waals surface area contributed by atoms with Crippen molar-refractivity contribution in [2.45, 2.75) is 45.2 Å². The third-order valence-corrected chi connectivity index (χ3v) is 4.04. The molecule has 1 fully saturated rings. The smallest absolute Gasteiger partial charge is 0.242 e. The molecule has 2 rings (SSSR count). The van der Waals surface area contributed by atoms with Crippen LogP contribution in [-0.4, -0.2) is 29.9 Å². The topological polar surface area (TPSA) is 32.3 Å². The van der Waals surface area contributed by atoms with Gasteiger partial charge in [0.05, 0.1) is 5.54 Å². The first-order valence-electron chi connectivity index (χ1n) is 7.13. The minimum atomic E-state index is -0.363. The largest absolute Gasteiger partial charge is 0.340 e. The normalized spacial score (nSPS) is 22.5. The van der Waals surface area contributed by atoms with Gasteiger partial charge in [-0.2, -0.15) is 0 Å². The summed E-state index contributed by atoms with van der Waals surface area (Å²) in [5, 5.41) is 3.33. The van der Waals surface area contributed by atoms with E-state index in [0.29, 0.717) is 6.54 Å². The van der Waals surface area contributed by atoms with Crippen LogP contribution < -0.4 is 5.32 Å². The highest BCUT2D eigenvalue weighted by Gasteiger charge is 2.37. The molecule has 0 radical (unpaired) electrons. The molecule has 0 aromatic heterocycles. The van der Waals surface area contributed by atoms with E-state index >= 15 is 0 Å². The van der Waals surface area contributed by atoms with Crippen molar-refractivity contribution in [3.05, 3.63) is 35.4 Å². The van der Waals surface area contributed by atoms with E-state index in [1.54, 1.807) is 0 Å². The number of nitrogens with zero attached hydrogens (tertiary/aromatic N) is 1. The summed E-state index contributed by atoms with van der Waals surface area (Å²) in [6.45, 7) is 5.79. The molecule has 3 nitrogen and oxygen atoms in total. The lowest BCUT2D eigenvalue weighted by Crippen LogP contribution is -2.51. The molecule has 104 valence electrons. The number of amides is 1. The van der Waals surface area contributed by atoms with Crippen LogP contribution >= 0.6 is 0 Å². The monoisotopic (exact) mass is 260 g/mol. The number of aryl methyl sites for hydroxylation is 1. The second kappa shape index (κ2) is 5.74. The molecular weight excluding hydrogens is 236 g/mol. The molecule has 1 aliphatic heterocycles. The Morgan fingerprint density at radius 2 is 1.95 bits per heavy atom. The van der Waals surface area contributed by atoms with Gasteiger partial charge in [-0.05, 0) is 43.9 Å². The zero-order valence-corrected chi connectivity index (χ0v) is 12.2. The number of hydrogen-bond donors (Lipinski definition) is 1. The predicted octanol–water partition coefficient (Wildman–Crippen LogP) is 2.35. The van der Waals surface area contributed by atoms with E-state index in [1.807, 2.05) is 18.9 Å². The lowest BCUT2D eigenvalue weighted by Gasteiger charge is -2.29. The Hall–Kier alpha value is -1.35. The predicted molar refractivity (Wildman–Crippen MR) is 77.9 cm³/mol. The molecule has 1 aliphatic rings. The minimum absolute atomic E-state index is 0.199. The lowest BCUT2D eigenvalue weighted by molar-refractivity contribution is -0.136. The molecule has 1 amide bonds. The Morgan fingerprint density at radius 3 is 2.47 bits per heavy atom. The number of carbonyl (C=O) groups excluding carboxylic acids is 1. The van der Waals surface area contributed by atoms with E-state index in [2.05, 4.69) is 36.5 Å². The Balaban J connectivity index is 1.99. The number of carbonyl (C=O) groups is 1. The van der Waals surface area contributed by atoms with Crippen LogP contribution in [0, 0.1) is 0 Å². The average Bonchev–Trinajstić information content (AvgIpc) is 2.87. The first kappa shape index (κ1) is 14.1. The third-order valence-electron chi connectivity index (χ3n) is 4.04. The van der Waals surface area contributed by atoms with Gasteiger partial charge in [-0.1, -0.05) is 31.2 Å². The average molecular weight is 260 g/mol. The lowest BCUT2D eigenvalue weighted by atomic mass is 9.98. The van der Waals surface area contributed by atoms with Crippen molar-refractivity contribution in [3.8, 4) is 0 Å². The van der Waals surface area contributed by atoms with Crippen LogP contribution in [0.5, 0.6) is 0 Å². The van der Waals surface area contributed by atoms with E-state index in [4.69, 9.17) is 0 Å². The third kappa shape index (κ3) is 3.16. The van der Waals surface area contributed by atoms with Gasteiger partial charge in [0.15, 0.2) is 0 Å². The van der Waals surface area contributed by atoms with Gasteiger partial charge in [0.2, 0.25) is 5.91 Å². The van der Waals surface area contributed by atoms with E-state index in [9.17, 15) is 4.79 Å². The zero-order chi connectivity index (χ0) is 13.9. The van der Waals surface area contributed by atoms with E-state index in [1.165, 1.54) is 11.1 Å². The highest BCUT2D eigenvalue weighted by molar-refractivity contribution is 5.86. The summed E-state index contributed by atoms with van der Waals surface area (Å²) in [4.78, 5) is 14.3. The quantitative estimate of drug-likeness (QED) is 0.901. The van der Waals surface area contributed by atoms with Gasteiger partial charge in [-0.25, -0.2) is 0 Å². The van der Waals surface area contributed by atoms with Crippen LogP contribution in [0.2, 0.25) is 0 Å². The molecular formula is C16H24N2O. The first-order valence-corrected chi connectivity index (χ1v) is 7.13. The van der Waals surface area contributed by atoms with Gasteiger partial charge in [0, 0.05) is 13.6 Å². The molecule has 1 aromatic rings. The van der Waals surface area contributed by atoms with Crippen molar-refractivity contribution in [1.82, 2.24) is 10.2 Å². The Morgan fingerprint density at radius 1 is 1.32 bits per heavy atom. The minimum Gasteiger partial charge on any atom is -0.340 e. The standard InChI is InChI=1S/C16H24N2O/c1-4-13-6-8-14(9-7-13)12-18(3)15(19)16(2)10-5-11-17-16/h6-9,17H,4-5,10-12H2,1-3H3. The second-order valence-electron chi connectivity index (χ2n) is 5.69. The van der Waals surface area contributed by atoms with Crippen molar-refractivity contribution < 1.29 is 4.79 Å². The van der Waals surface area contributed by atoms with Crippen molar-refractivity contribution in [3.63, 3.8) is 0 Å². The molecule has 0 bridgehead atoms. The summed E-state index contributed by atoms with van der Waals surface area (Å²) in [6, 6.07) is 8.52. The van der Waals surface area contributed by atoms with Crippen LogP contribution in [0.3, 0.4) is 0 Å². The van der Waals surface area contributed by atoms with Crippen molar-refractivity contribution in [2.24, 2.45) is 0 Å². The molecule has 0 spiro atoms. The molecule has 3 heteroatoms. The number of benzene rings is 1. The van der Waals surface area contributed by atoms with Gasteiger partial charge >= 0.3 is 0 Å². The molecule has 0 saturated carbocycles. The molecule has 19 heavy (non-hydrogen) atoms. The van der Waals surface area contributed by atoms with Gasteiger partial charge in [0.1, 0.15) is 0 Å². The molecule has 1 atom stereocenters. The summed E-state index contributed by atoms with van der Waals surface area (Å²) < 4.78 is 0. The summed E-state index contributed by atoms with van der Waals surface area (Å²) in [5.41, 5.74) is 2.16. The number of rotatable bonds is 4. The molecule has 1 aromatic carbocycles. The van der Waals surface area contributed by atoms with Crippen LogP contribution in [-0.2, 0) is 17.8 Å². The van der Waals surface area contributed by atoms with Crippen molar-refractivity contribution in [2.75, 3.05) is 13.6 Å². The van der Waals surface area contributed by atoms with Crippen LogP contribution in [0.25, 0.3) is 0 Å². The SMILES string of the molecule is CCc1ccc(CN(C)C(=O)C2(C)CCCN2)cc1.